The molecule has 40 heavy (non-hydrogen) atoms. The first-order valence-corrected chi connectivity index (χ1v) is 13.9. The zero-order chi connectivity index (χ0) is 27.8. The summed E-state index contributed by atoms with van der Waals surface area (Å²) in [6, 6.07) is 19.3. The van der Waals surface area contributed by atoms with Crippen LogP contribution < -0.4 is 15.0 Å². The van der Waals surface area contributed by atoms with E-state index in [1.54, 1.807) is 36.0 Å². The van der Waals surface area contributed by atoms with Gasteiger partial charge in [0.1, 0.15) is 24.2 Å². The van der Waals surface area contributed by atoms with Crippen molar-refractivity contribution < 1.29 is 23.5 Å². The first-order valence-electron chi connectivity index (χ1n) is 13.0. The summed E-state index contributed by atoms with van der Waals surface area (Å²) in [5.74, 6) is -0.749. The highest BCUT2D eigenvalue weighted by atomic mass is 32.2. The number of fused-ring (bicyclic) bond motifs is 1. The standard InChI is InChI=1S/C30H25FN4O4S/c31-24-12-19(13-32)6-9-25(24)34-14-21(15-34)40-20-7-4-18(5-8-20)17-39-27-3-1-2-22-23(27)16-35(30(22)38)26-10-11-28(36)33-29(26)37/h1-9,12,21,26H,10-11,14-17H2,(H,33,36,37). The van der Waals surface area contributed by atoms with Gasteiger partial charge in [0.05, 0.1) is 23.9 Å². The molecular formula is C30H25FN4O4S. The number of carbonyl (C=O) groups excluding carboxylic acids is 3. The largest absolute Gasteiger partial charge is 0.489 e. The van der Waals surface area contributed by atoms with Gasteiger partial charge >= 0.3 is 0 Å². The van der Waals surface area contributed by atoms with Crippen LogP contribution in [0.3, 0.4) is 0 Å². The van der Waals surface area contributed by atoms with E-state index < -0.39 is 11.9 Å². The topological polar surface area (TPSA) is 103 Å². The van der Waals surface area contributed by atoms with Crippen LogP contribution in [0.1, 0.15) is 39.9 Å². The first kappa shape index (κ1) is 25.9. The van der Waals surface area contributed by atoms with Crippen LogP contribution >= 0.6 is 11.8 Å². The van der Waals surface area contributed by atoms with Gasteiger partial charge in [-0.15, -0.1) is 11.8 Å². The highest BCUT2D eigenvalue weighted by Crippen LogP contribution is 2.36. The molecule has 10 heteroatoms. The van der Waals surface area contributed by atoms with Crippen molar-refractivity contribution in [2.45, 2.75) is 42.2 Å². The molecule has 0 aromatic heterocycles. The smallest absolute Gasteiger partial charge is 0.255 e. The SMILES string of the molecule is N#Cc1ccc(N2CC(Sc3ccc(COc4cccc5c4CN(C4CCC(=O)NC4=O)C5=O)cc3)C2)c(F)c1. The average Bonchev–Trinajstić information content (AvgIpc) is 3.27. The molecule has 6 rings (SSSR count). The lowest BCUT2D eigenvalue weighted by Crippen LogP contribution is -2.52. The van der Waals surface area contributed by atoms with Crippen LogP contribution in [0.2, 0.25) is 0 Å². The van der Waals surface area contributed by atoms with Gasteiger partial charge in [-0.25, -0.2) is 4.39 Å². The minimum absolute atomic E-state index is 0.211. The molecule has 202 valence electrons. The molecule has 0 saturated carbocycles. The number of thioether (sulfide) groups is 1. The molecule has 0 aliphatic carbocycles. The molecule has 3 aromatic carbocycles. The van der Waals surface area contributed by atoms with Crippen molar-refractivity contribution in [2.75, 3.05) is 18.0 Å². The maximum Gasteiger partial charge on any atom is 0.255 e. The minimum atomic E-state index is -0.665. The van der Waals surface area contributed by atoms with Gasteiger partial charge in [0.15, 0.2) is 0 Å². The van der Waals surface area contributed by atoms with Crippen LogP contribution in [-0.2, 0) is 22.7 Å². The molecule has 1 unspecified atom stereocenters. The fourth-order valence-electron chi connectivity index (χ4n) is 5.25. The second kappa shape index (κ2) is 10.7. The Kier molecular flexibility index (Phi) is 6.90. The Morgan fingerprint density at radius 1 is 1.07 bits per heavy atom. The molecule has 3 aliphatic heterocycles. The van der Waals surface area contributed by atoms with Crippen molar-refractivity contribution in [1.29, 1.82) is 5.26 Å². The lowest BCUT2D eigenvalue weighted by Gasteiger charge is -2.40. The van der Waals surface area contributed by atoms with Gasteiger partial charge < -0.3 is 14.5 Å². The molecule has 3 aliphatic rings. The number of benzene rings is 3. The van der Waals surface area contributed by atoms with E-state index in [9.17, 15) is 18.8 Å². The summed E-state index contributed by atoms with van der Waals surface area (Å²) in [6.45, 7) is 2.04. The number of nitriles is 1. The van der Waals surface area contributed by atoms with Crippen LogP contribution in [0, 0.1) is 17.1 Å². The molecule has 0 radical (unpaired) electrons. The molecule has 3 amide bonds. The number of piperidine rings is 1. The quantitative estimate of drug-likeness (QED) is 0.439. The number of halogens is 1. The summed E-state index contributed by atoms with van der Waals surface area (Å²) in [7, 11) is 0. The third-order valence-electron chi connectivity index (χ3n) is 7.43. The van der Waals surface area contributed by atoms with Crippen molar-refractivity contribution in [1.82, 2.24) is 10.2 Å². The van der Waals surface area contributed by atoms with Crippen LogP contribution in [-0.4, -0.2) is 47.0 Å². The van der Waals surface area contributed by atoms with E-state index in [-0.39, 0.29) is 30.6 Å². The van der Waals surface area contributed by atoms with Crippen LogP contribution in [0.5, 0.6) is 5.75 Å². The van der Waals surface area contributed by atoms with Crippen molar-refractivity contribution in [2.24, 2.45) is 0 Å². The number of carbonyl (C=O) groups is 3. The van der Waals surface area contributed by atoms with Crippen molar-refractivity contribution >= 4 is 35.2 Å². The van der Waals surface area contributed by atoms with Gasteiger partial charge in [0, 0.05) is 40.8 Å². The number of hydrogen-bond acceptors (Lipinski definition) is 7. The van der Waals surface area contributed by atoms with Crippen molar-refractivity contribution in [3.05, 3.63) is 88.7 Å². The summed E-state index contributed by atoms with van der Waals surface area (Å²) < 4.78 is 20.4. The number of amides is 3. The third-order valence-corrected chi connectivity index (χ3v) is 8.60. The van der Waals surface area contributed by atoms with Gasteiger partial charge in [-0.2, -0.15) is 5.26 Å². The normalized spacial score (nSPS) is 18.7. The second-order valence-electron chi connectivity index (χ2n) is 10.0. The number of ether oxygens (including phenoxy) is 1. The van der Waals surface area contributed by atoms with Gasteiger partial charge in [0.2, 0.25) is 11.8 Å². The Balaban J connectivity index is 1.03. The van der Waals surface area contributed by atoms with E-state index in [4.69, 9.17) is 10.00 Å². The number of hydrogen-bond donors (Lipinski definition) is 1. The van der Waals surface area contributed by atoms with Gasteiger partial charge in [-0.1, -0.05) is 18.2 Å². The maximum atomic E-state index is 14.3. The number of nitrogens with one attached hydrogen (secondary N) is 1. The van der Waals surface area contributed by atoms with E-state index in [2.05, 4.69) is 5.32 Å². The van der Waals surface area contributed by atoms with E-state index in [0.717, 1.165) is 29.1 Å². The Bertz CT molecular complexity index is 1550. The summed E-state index contributed by atoms with van der Waals surface area (Å²) >= 11 is 1.74. The highest BCUT2D eigenvalue weighted by Gasteiger charge is 2.40. The van der Waals surface area contributed by atoms with E-state index in [1.807, 2.05) is 41.3 Å². The Morgan fingerprint density at radius 3 is 2.60 bits per heavy atom. The van der Waals surface area contributed by atoms with Crippen LogP contribution in [0.15, 0.2) is 65.6 Å². The molecule has 1 atom stereocenters. The zero-order valence-corrected chi connectivity index (χ0v) is 22.2. The molecule has 3 aromatic rings. The van der Waals surface area contributed by atoms with Gasteiger partial charge in [-0.3, -0.25) is 19.7 Å². The molecule has 2 saturated heterocycles. The van der Waals surface area contributed by atoms with Gasteiger partial charge in [-0.05, 0) is 54.4 Å². The fraction of sp³-hybridized carbons (Fsp3) is 0.267. The summed E-state index contributed by atoms with van der Waals surface area (Å²) in [5, 5.41) is 11.6. The van der Waals surface area contributed by atoms with E-state index in [1.165, 1.54) is 11.0 Å². The molecule has 3 heterocycles. The van der Waals surface area contributed by atoms with E-state index in [0.29, 0.717) is 40.8 Å². The summed E-state index contributed by atoms with van der Waals surface area (Å²) in [5.41, 5.74) is 3.08. The molecule has 0 bridgehead atoms. The Hall–Kier alpha value is -4.36. The molecule has 8 nitrogen and oxygen atoms in total. The molecular weight excluding hydrogens is 531 g/mol. The van der Waals surface area contributed by atoms with Gasteiger partial charge in [0.25, 0.3) is 5.91 Å². The Morgan fingerprint density at radius 2 is 1.88 bits per heavy atom. The lowest BCUT2D eigenvalue weighted by molar-refractivity contribution is -0.136. The van der Waals surface area contributed by atoms with E-state index >= 15 is 0 Å². The number of nitrogens with zero attached hydrogens (tertiary/aromatic N) is 3. The fourth-order valence-corrected chi connectivity index (χ4v) is 6.44. The first-order chi connectivity index (χ1) is 19.4. The lowest BCUT2D eigenvalue weighted by atomic mass is 10.0. The number of rotatable bonds is 7. The third kappa shape index (κ3) is 5.00. The summed E-state index contributed by atoms with van der Waals surface area (Å²) in [4.78, 5) is 41.5. The van der Waals surface area contributed by atoms with Crippen LogP contribution in [0.25, 0.3) is 0 Å². The monoisotopic (exact) mass is 556 g/mol. The zero-order valence-electron chi connectivity index (χ0n) is 21.4. The second-order valence-corrected chi connectivity index (χ2v) is 11.4. The Labute approximate surface area is 234 Å². The molecule has 1 N–H and O–H groups in total. The van der Waals surface area contributed by atoms with Crippen molar-refractivity contribution in [3.63, 3.8) is 0 Å². The summed E-state index contributed by atoms with van der Waals surface area (Å²) in [6.07, 6.45) is 0.527. The molecule has 0 spiro atoms. The highest BCUT2D eigenvalue weighted by molar-refractivity contribution is 8.00. The van der Waals surface area contributed by atoms with Crippen LogP contribution in [0.4, 0.5) is 10.1 Å². The molecule has 2 fully saturated rings. The minimum Gasteiger partial charge on any atom is -0.489 e. The predicted molar refractivity (Wildman–Crippen MR) is 146 cm³/mol. The predicted octanol–water partition coefficient (Wildman–Crippen LogP) is 4.02. The maximum absolute atomic E-state index is 14.3. The number of imide groups is 1. The average molecular weight is 557 g/mol. The number of anilines is 1. The van der Waals surface area contributed by atoms with Crippen molar-refractivity contribution in [3.8, 4) is 11.8 Å².